The molecule has 1 atom stereocenters. The Morgan fingerprint density at radius 1 is 1.11 bits per heavy atom. The number of aromatic nitrogens is 2. The summed E-state index contributed by atoms with van der Waals surface area (Å²) in [7, 11) is 1.62. The van der Waals surface area contributed by atoms with Crippen LogP contribution in [0, 0.1) is 0 Å². The monoisotopic (exact) mass is 484 g/mol. The molecule has 0 saturated carbocycles. The second kappa shape index (κ2) is 9.73. The molecule has 0 saturated heterocycles. The van der Waals surface area contributed by atoms with Gasteiger partial charge in [0.1, 0.15) is 22.7 Å². The van der Waals surface area contributed by atoms with E-state index in [1.54, 1.807) is 35.9 Å². The Kier molecular flexibility index (Phi) is 6.33. The highest BCUT2D eigenvalue weighted by Crippen LogP contribution is 2.31. The molecule has 184 valence electrons. The standard InChI is InChI=1S/C28H28N4O4/c1-28(27(34)29-18-20-7-4-3-5-8-20)19-32-25(26(33)31(28)15-14-23-9-6-16-36-23)17-24(30-32)21-10-12-22(35-2)13-11-21/h3-13,16-17H,14-15,18-19H2,1-2H3,(H,29,34)/t28-/m0/s1. The summed E-state index contributed by atoms with van der Waals surface area (Å²) in [4.78, 5) is 29.0. The van der Waals surface area contributed by atoms with Gasteiger partial charge in [-0.2, -0.15) is 5.10 Å². The fraction of sp³-hybridized carbons (Fsp3) is 0.250. The van der Waals surface area contributed by atoms with Crippen molar-refractivity contribution < 1.29 is 18.7 Å². The molecule has 3 heterocycles. The highest BCUT2D eigenvalue weighted by atomic mass is 16.5. The van der Waals surface area contributed by atoms with E-state index in [4.69, 9.17) is 14.3 Å². The molecule has 1 aliphatic rings. The molecule has 2 aromatic heterocycles. The lowest BCUT2D eigenvalue weighted by Gasteiger charge is -2.43. The number of hydrogen-bond donors (Lipinski definition) is 1. The first-order valence-corrected chi connectivity index (χ1v) is 11.9. The predicted octanol–water partition coefficient (Wildman–Crippen LogP) is 3.93. The van der Waals surface area contributed by atoms with Crippen molar-refractivity contribution in [2.24, 2.45) is 0 Å². The van der Waals surface area contributed by atoms with E-state index in [1.807, 2.05) is 66.7 Å². The lowest BCUT2D eigenvalue weighted by Crippen LogP contribution is -2.64. The second-order valence-electron chi connectivity index (χ2n) is 9.03. The summed E-state index contributed by atoms with van der Waals surface area (Å²) in [5, 5.41) is 7.72. The fourth-order valence-electron chi connectivity index (χ4n) is 4.54. The Labute approximate surface area is 209 Å². The summed E-state index contributed by atoms with van der Waals surface area (Å²) in [6.07, 6.45) is 2.11. The van der Waals surface area contributed by atoms with Crippen LogP contribution in [0.4, 0.5) is 0 Å². The molecule has 0 fully saturated rings. The van der Waals surface area contributed by atoms with Crippen molar-refractivity contribution in [3.05, 3.63) is 96.1 Å². The lowest BCUT2D eigenvalue weighted by atomic mass is 9.94. The van der Waals surface area contributed by atoms with Gasteiger partial charge in [-0.3, -0.25) is 14.3 Å². The molecule has 4 aromatic rings. The van der Waals surface area contributed by atoms with E-state index in [0.29, 0.717) is 30.9 Å². The molecule has 8 nitrogen and oxygen atoms in total. The third kappa shape index (κ3) is 4.49. The number of hydrogen-bond acceptors (Lipinski definition) is 5. The number of carbonyl (C=O) groups excluding carboxylic acids is 2. The molecule has 36 heavy (non-hydrogen) atoms. The van der Waals surface area contributed by atoms with Crippen LogP contribution in [0.2, 0.25) is 0 Å². The Hall–Kier alpha value is -4.33. The molecule has 0 bridgehead atoms. The molecule has 1 N–H and O–H groups in total. The second-order valence-corrected chi connectivity index (χ2v) is 9.03. The van der Waals surface area contributed by atoms with Crippen molar-refractivity contribution in [1.82, 2.24) is 20.0 Å². The number of furan rings is 1. The number of ether oxygens (including phenoxy) is 1. The van der Waals surface area contributed by atoms with E-state index >= 15 is 0 Å². The SMILES string of the molecule is COc1ccc(-c2cc3n(n2)C[C@@](C)(C(=O)NCc2ccccc2)N(CCc2ccco2)C3=O)cc1. The van der Waals surface area contributed by atoms with Gasteiger partial charge in [-0.15, -0.1) is 0 Å². The van der Waals surface area contributed by atoms with Crippen LogP contribution < -0.4 is 10.1 Å². The van der Waals surface area contributed by atoms with Crippen molar-refractivity contribution in [1.29, 1.82) is 0 Å². The number of rotatable bonds is 8. The zero-order valence-electron chi connectivity index (χ0n) is 20.3. The normalized spacial score (nSPS) is 17.1. The highest BCUT2D eigenvalue weighted by Gasteiger charge is 2.47. The molecule has 0 unspecified atom stereocenters. The summed E-state index contributed by atoms with van der Waals surface area (Å²) in [6, 6.07) is 22.7. The summed E-state index contributed by atoms with van der Waals surface area (Å²) in [5.41, 5.74) is 1.84. The van der Waals surface area contributed by atoms with Gasteiger partial charge in [-0.1, -0.05) is 30.3 Å². The molecule has 0 radical (unpaired) electrons. The first kappa shape index (κ1) is 23.4. The highest BCUT2D eigenvalue weighted by molar-refractivity contribution is 6.00. The molecule has 5 rings (SSSR count). The topological polar surface area (TPSA) is 89.6 Å². The van der Waals surface area contributed by atoms with Crippen molar-refractivity contribution in [2.45, 2.75) is 32.0 Å². The largest absolute Gasteiger partial charge is 0.497 e. The maximum atomic E-state index is 13.8. The zero-order chi connectivity index (χ0) is 25.1. The minimum absolute atomic E-state index is 0.230. The van der Waals surface area contributed by atoms with Crippen molar-refractivity contribution in [2.75, 3.05) is 13.7 Å². The first-order chi connectivity index (χ1) is 17.5. The summed E-state index contributed by atoms with van der Waals surface area (Å²) < 4.78 is 12.4. The number of nitrogens with one attached hydrogen (secondary N) is 1. The van der Waals surface area contributed by atoms with E-state index < -0.39 is 5.54 Å². The van der Waals surface area contributed by atoms with Crippen LogP contribution >= 0.6 is 0 Å². The summed E-state index contributed by atoms with van der Waals surface area (Å²) in [5.74, 6) is 1.03. The fourth-order valence-corrected chi connectivity index (χ4v) is 4.54. The van der Waals surface area contributed by atoms with Crippen LogP contribution in [-0.2, 0) is 24.3 Å². The maximum absolute atomic E-state index is 13.8. The van der Waals surface area contributed by atoms with Gasteiger partial charge in [0.25, 0.3) is 5.91 Å². The molecular formula is C28H28N4O4. The van der Waals surface area contributed by atoms with Crippen LogP contribution in [0.1, 0.15) is 28.7 Å². The quantitative estimate of drug-likeness (QED) is 0.409. The van der Waals surface area contributed by atoms with E-state index in [1.165, 1.54) is 0 Å². The molecule has 2 amide bonds. The number of fused-ring (bicyclic) bond motifs is 1. The van der Waals surface area contributed by atoms with Gasteiger partial charge in [0, 0.05) is 25.1 Å². The van der Waals surface area contributed by atoms with Crippen LogP contribution in [0.25, 0.3) is 11.3 Å². The maximum Gasteiger partial charge on any atom is 0.273 e. The van der Waals surface area contributed by atoms with Crippen molar-refractivity contribution >= 4 is 11.8 Å². The first-order valence-electron chi connectivity index (χ1n) is 11.9. The van der Waals surface area contributed by atoms with E-state index in [2.05, 4.69) is 5.32 Å². The number of benzene rings is 2. The summed E-state index contributed by atoms with van der Waals surface area (Å²) >= 11 is 0. The van der Waals surface area contributed by atoms with Gasteiger partial charge < -0.3 is 19.4 Å². The van der Waals surface area contributed by atoms with Gasteiger partial charge in [0.15, 0.2) is 0 Å². The number of methoxy groups -OCH3 is 1. The Balaban J connectivity index is 1.45. The summed E-state index contributed by atoms with van der Waals surface area (Å²) in [6.45, 7) is 2.75. The molecular weight excluding hydrogens is 456 g/mol. The van der Waals surface area contributed by atoms with Crippen LogP contribution in [0.5, 0.6) is 5.75 Å². The van der Waals surface area contributed by atoms with Crippen molar-refractivity contribution in [3.63, 3.8) is 0 Å². The minimum atomic E-state index is -1.13. The smallest absolute Gasteiger partial charge is 0.273 e. The van der Waals surface area contributed by atoms with Gasteiger partial charge >= 0.3 is 0 Å². The minimum Gasteiger partial charge on any atom is -0.497 e. The van der Waals surface area contributed by atoms with Gasteiger partial charge in [0.2, 0.25) is 5.91 Å². The van der Waals surface area contributed by atoms with Crippen LogP contribution in [0.3, 0.4) is 0 Å². The molecule has 2 aromatic carbocycles. The van der Waals surface area contributed by atoms with Gasteiger partial charge in [-0.25, -0.2) is 0 Å². The van der Waals surface area contributed by atoms with E-state index in [-0.39, 0.29) is 18.4 Å². The van der Waals surface area contributed by atoms with E-state index in [0.717, 1.165) is 22.6 Å². The van der Waals surface area contributed by atoms with Crippen LogP contribution in [-0.4, -0.2) is 45.7 Å². The third-order valence-electron chi connectivity index (χ3n) is 6.63. The van der Waals surface area contributed by atoms with Crippen molar-refractivity contribution in [3.8, 4) is 17.0 Å². The molecule has 8 heteroatoms. The average Bonchev–Trinajstić information content (AvgIpc) is 3.58. The molecule has 0 aliphatic carbocycles. The predicted molar refractivity (Wildman–Crippen MR) is 134 cm³/mol. The molecule has 0 spiro atoms. The number of nitrogens with zero attached hydrogens (tertiary/aromatic N) is 3. The third-order valence-corrected chi connectivity index (χ3v) is 6.63. The number of carbonyl (C=O) groups is 2. The lowest BCUT2D eigenvalue weighted by molar-refractivity contribution is -0.133. The van der Waals surface area contributed by atoms with Gasteiger partial charge in [0.05, 0.1) is 25.6 Å². The Bertz CT molecular complexity index is 1350. The molecule has 1 aliphatic heterocycles. The zero-order valence-corrected chi connectivity index (χ0v) is 20.3. The number of amides is 2. The average molecular weight is 485 g/mol. The van der Waals surface area contributed by atoms with E-state index in [9.17, 15) is 9.59 Å². The Morgan fingerprint density at radius 3 is 2.58 bits per heavy atom. The Morgan fingerprint density at radius 2 is 1.89 bits per heavy atom. The van der Waals surface area contributed by atoms with Gasteiger partial charge in [-0.05, 0) is 55.0 Å². The van der Waals surface area contributed by atoms with Crippen LogP contribution in [0.15, 0.2) is 83.5 Å².